The molecule has 1 aromatic heterocycles. The molecule has 0 aliphatic rings. The fourth-order valence-electron chi connectivity index (χ4n) is 1.45. The van der Waals surface area contributed by atoms with Crippen molar-refractivity contribution in [2.24, 2.45) is 0 Å². The summed E-state index contributed by atoms with van der Waals surface area (Å²) in [4.78, 5) is 0. The highest BCUT2D eigenvalue weighted by Gasteiger charge is 2.33. The van der Waals surface area contributed by atoms with Gasteiger partial charge in [-0.3, -0.25) is 4.72 Å². The number of sulfonamides is 1. The first kappa shape index (κ1) is 16.8. The van der Waals surface area contributed by atoms with Crippen molar-refractivity contribution < 1.29 is 21.6 Å². The van der Waals surface area contributed by atoms with Gasteiger partial charge in [0.25, 0.3) is 10.0 Å². The van der Waals surface area contributed by atoms with Crippen LogP contribution in [0.5, 0.6) is 0 Å². The maximum absolute atomic E-state index is 12.8. The zero-order valence-corrected chi connectivity index (χ0v) is 14.7. The molecule has 1 N–H and O–H groups in total. The summed E-state index contributed by atoms with van der Waals surface area (Å²) in [5.41, 5.74) is -1.11. The molecule has 2 rings (SSSR count). The van der Waals surface area contributed by atoms with E-state index < -0.39 is 21.8 Å². The number of hydrogen-bond donors (Lipinski definition) is 1. The normalized spacial score (nSPS) is 12.4. The minimum atomic E-state index is -4.58. The molecule has 0 unspecified atom stereocenters. The molecule has 0 saturated carbocycles. The Morgan fingerprint density at radius 2 is 1.76 bits per heavy atom. The van der Waals surface area contributed by atoms with Gasteiger partial charge in [0.05, 0.1) is 9.35 Å². The maximum Gasteiger partial charge on any atom is 0.417 e. The molecular weight excluding hydrogens is 459 g/mol. The summed E-state index contributed by atoms with van der Waals surface area (Å²) < 4.78 is 65.0. The van der Waals surface area contributed by atoms with Gasteiger partial charge in [-0.2, -0.15) is 13.2 Å². The van der Waals surface area contributed by atoms with E-state index in [-0.39, 0.29) is 14.4 Å². The Labute approximate surface area is 139 Å². The lowest BCUT2D eigenvalue weighted by atomic mass is 10.2. The highest BCUT2D eigenvalue weighted by atomic mass is 79.9. The summed E-state index contributed by atoms with van der Waals surface area (Å²) in [5, 5.41) is 0. The Hall–Kier alpha value is -0.580. The summed E-state index contributed by atoms with van der Waals surface area (Å²) in [6.07, 6.45) is -4.58. The van der Waals surface area contributed by atoms with Gasteiger partial charge in [-0.1, -0.05) is 15.9 Å². The second-order valence-corrected chi connectivity index (χ2v) is 9.08. The van der Waals surface area contributed by atoms with Crippen LogP contribution in [0.4, 0.5) is 18.9 Å². The summed E-state index contributed by atoms with van der Waals surface area (Å²) in [6.45, 7) is 0. The first-order valence-corrected chi connectivity index (χ1v) is 9.13. The number of nitrogens with one attached hydrogen (secondary N) is 1. The average Bonchev–Trinajstić information content (AvgIpc) is 2.77. The van der Waals surface area contributed by atoms with Crippen molar-refractivity contribution in [2.75, 3.05) is 4.72 Å². The van der Waals surface area contributed by atoms with E-state index in [1.807, 2.05) is 0 Å². The number of anilines is 1. The van der Waals surface area contributed by atoms with Crippen LogP contribution in [0.3, 0.4) is 0 Å². The van der Waals surface area contributed by atoms with Gasteiger partial charge in [0.15, 0.2) is 0 Å². The predicted molar refractivity (Wildman–Crippen MR) is 82.0 cm³/mol. The molecule has 0 spiro atoms. The van der Waals surface area contributed by atoms with Gasteiger partial charge < -0.3 is 0 Å². The number of rotatable bonds is 3. The van der Waals surface area contributed by atoms with Gasteiger partial charge in [0, 0.05) is 10.2 Å². The van der Waals surface area contributed by atoms with Crippen molar-refractivity contribution in [3.05, 3.63) is 44.2 Å². The fraction of sp³-hybridized carbons (Fsp3) is 0.0909. The quantitative estimate of drug-likeness (QED) is 0.687. The summed E-state index contributed by atoms with van der Waals surface area (Å²) in [6, 6.07) is 6.04. The number of halogens is 5. The lowest BCUT2D eigenvalue weighted by Crippen LogP contribution is -2.13. The van der Waals surface area contributed by atoms with Gasteiger partial charge in [-0.05, 0) is 46.3 Å². The van der Waals surface area contributed by atoms with Crippen LogP contribution in [0.15, 0.2) is 42.8 Å². The maximum atomic E-state index is 12.8. The molecular formula is C11H6Br2F3NO2S2. The van der Waals surface area contributed by atoms with Gasteiger partial charge in [0.1, 0.15) is 4.21 Å². The third-order valence-electron chi connectivity index (χ3n) is 2.34. The van der Waals surface area contributed by atoms with Crippen LogP contribution in [0.2, 0.25) is 0 Å². The molecule has 0 radical (unpaired) electrons. The van der Waals surface area contributed by atoms with E-state index in [1.54, 1.807) is 6.07 Å². The second-order valence-electron chi connectivity index (χ2n) is 3.86. The number of hydrogen-bond acceptors (Lipinski definition) is 3. The average molecular weight is 465 g/mol. The Morgan fingerprint density at radius 1 is 1.10 bits per heavy atom. The molecule has 21 heavy (non-hydrogen) atoms. The first-order valence-electron chi connectivity index (χ1n) is 5.24. The van der Waals surface area contributed by atoms with Crippen LogP contribution in [0.25, 0.3) is 0 Å². The minimum Gasteiger partial charge on any atom is -0.279 e. The molecule has 114 valence electrons. The third-order valence-corrected chi connectivity index (χ3v) is 6.53. The Morgan fingerprint density at radius 3 is 2.29 bits per heavy atom. The Balaban J connectivity index is 2.36. The van der Waals surface area contributed by atoms with Crippen LogP contribution < -0.4 is 4.72 Å². The molecule has 0 aliphatic carbocycles. The molecule has 3 nitrogen and oxygen atoms in total. The number of benzene rings is 1. The summed E-state index contributed by atoms with van der Waals surface area (Å²) >= 11 is 6.88. The standard InChI is InChI=1S/C11H6Br2F3NO2S2/c12-8-2-1-6(5-7(8)11(14,15)16)17-21(18,19)10-4-3-9(13)20-10/h1-5,17H. The van der Waals surface area contributed by atoms with Crippen LogP contribution in [0.1, 0.15) is 5.56 Å². The monoisotopic (exact) mass is 463 g/mol. The van der Waals surface area contributed by atoms with E-state index in [9.17, 15) is 21.6 Å². The van der Waals surface area contributed by atoms with Gasteiger partial charge in [-0.25, -0.2) is 8.42 Å². The van der Waals surface area contributed by atoms with Crippen molar-refractivity contribution in [1.29, 1.82) is 0 Å². The van der Waals surface area contributed by atoms with Crippen LogP contribution in [0, 0.1) is 0 Å². The predicted octanol–water partition coefficient (Wildman–Crippen LogP) is 5.09. The molecule has 0 atom stereocenters. The van der Waals surface area contributed by atoms with Crippen LogP contribution in [-0.2, 0) is 16.2 Å². The summed E-state index contributed by atoms with van der Waals surface area (Å²) in [5.74, 6) is 0. The molecule has 0 amide bonds. The van der Waals surface area contributed by atoms with Crippen molar-refractivity contribution in [3.63, 3.8) is 0 Å². The molecule has 0 bridgehead atoms. The molecule has 1 heterocycles. The second kappa shape index (κ2) is 5.90. The third kappa shape index (κ3) is 3.99. The largest absolute Gasteiger partial charge is 0.417 e. The van der Waals surface area contributed by atoms with E-state index in [0.29, 0.717) is 3.79 Å². The van der Waals surface area contributed by atoms with Crippen molar-refractivity contribution >= 4 is 58.9 Å². The number of alkyl halides is 3. The van der Waals surface area contributed by atoms with Crippen LogP contribution in [-0.4, -0.2) is 8.42 Å². The molecule has 2 aromatic rings. The van der Waals surface area contributed by atoms with E-state index in [1.165, 1.54) is 12.1 Å². The molecule has 0 aliphatic heterocycles. The molecule has 1 aromatic carbocycles. The van der Waals surface area contributed by atoms with Gasteiger partial charge >= 0.3 is 6.18 Å². The highest BCUT2D eigenvalue weighted by molar-refractivity contribution is 9.11. The molecule has 0 saturated heterocycles. The molecule has 10 heteroatoms. The van der Waals surface area contributed by atoms with Crippen molar-refractivity contribution in [1.82, 2.24) is 0 Å². The minimum absolute atomic E-state index is 0.00542. The topological polar surface area (TPSA) is 46.2 Å². The Kier molecular flexibility index (Phi) is 4.72. The fourth-order valence-corrected chi connectivity index (χ4v) is 4.98. The van der Waals surface area contributed by atoms with E-state index in [2.05, 4.69) is 36.6 Å². The zero-order valence-electron chi connectivity index (χ0n) is 9.91. The van der Waals surface area contributed by atoms with Crippen molar-refractivity contribution in [3.8, 4) is 0 Å². The smallest absolute Gasteiger partial charge is 0.279 e. The lowest BCUT2D eigenvalue weighted by molar-refractivity contribution is -0.138. The van der Waals surface area contributed by atoms with Gasteiger partial charge in [-0.15, -0.1) is 11.3 Å². The van der Waals surface area contributed by atoms with Crippen LogP contribution >= 0.6 is 43.2 Å². The van der Waals surface area contributed by atoms with E-state index >= 15 is 0 Å². The van der Waals surface area contributed by atoms with E-state index in [4.69, 9.17) is 0 Å². The number of thiophene rings is 1. The van der Waals surface area contributed by atoms with Gasteiger partial charge in [0.2, 0.25) is 0 Å². The van der Waals surface area contributed by atoms with Crippen molar-refractivity contribution in [2.45, 2.75) is 10.4 Å². The highest BCUT2D eigenvalue weighted by Crippen LogP contribution is 2.37. The Bertz CT molecular complexity index is 772. The molecule has 0 fully saturated rings. The zero-order chi connectivity index (χ0) is 15.8. The summed E-state index contributed by atoms with van der Waals surface area (Å²) in [7, 11) is -3.91. The van der Waals surface area contributed by atoms with E-state index in [0.717, 1.165) is 23.5 Å². The SMILES string of the molecule is O=S(=O)(Nc1ccc(Br)c(C(F)(F)F)c1)c1ccc(Br)s1. The first-order chi connectivity index (χ1) is 9.59. The lowest BCUT2D eigenvalue weighted by Gasteiger charge is -2.12.